The quantitative estimate of drug-likeness (QED) is 0.592. The Morgan fingerprint density at radius 2 is 1.96 bits per heavy atom. The summed E-state index contributed by atoms with van der Waals surface area (Å²) < 4.78 is 0. The summed E-state index contributed by atoms with van der Waals surface area (Å²) >= 11 is 6.23. The van der Waals surface area contributed by atoms with Crippen molar-refractivity contribution in [2.24, 2.45) is 0 Å². The lowest BCUT2D eigenvalue weighted by Crippen LogP contribution is -3.15. The second kappa shape index (κ2) is 8.58. The predicted molar refractivity (Wildman–Crippen MR) is 110 cm³/mol. The zero-order chi connectivity index (χ0) is 20.3. The number of hydrogen-bond acceptors (Lipinski definition) is 4. The first kappa shape index (κ1) is 20.1. The van der Waals surface area contributed by atoms with E-state index in [1.165, 1.54) is 17.0 Å². The van der Waals surface area contributed by atoms with E-state index in [1.807, 2.05) is 32.0 Å². The van der Waals surface area contributed by atoms with Crippen LogP contribution < -0.4 is 15.1 Å². The van der Waals surface area contributed by atoms with Crippen molar-refractivity contribution in [3.05, 3.63) is 62.7 Å². The van der Waals surface area contributed by atoms with E-state index >= 15 is 0 Å². The number of quaternary nitrogens is 1. The lowest BCUT2D eigenvalue weighted by Gasteiger charge is -2.33. The van der Waals surface area contributed by atoms with Gasteiger partial charge in [0.25, 0.3) is 11.6 Å². The molecule has 148 valence electrons. The molecule has 2 N–H and O–H groups in total. The highest BCUT2D eigenvalue weighted by Gasteiger charge is 2.24. The van der Waals surface area contributed by atoms with Crippen LogP contribution in [0.4, 0.5) is 17.1 Å². The van der Waals surface area contributed by atoms with Crippen molar-refractivity contribution >= 4 is 34.6 Å². The van der Waals surface area contributed by atoms with Gasteiger partial charge in [-0.3, -0.25) is 14.9 Å². The molecule has 1 fully saturated rings. The molecule has 0 unspecified atom stereocenters. The minimum atomic E-state index is -0.452. The third kappa shape index (κ3) is 4.61. The molecule has 0 radical (unpaired) electrons. The van der Waals surface area contributed by atoms with E-state index < -0.39 is 4.92 Å². The fourth-order valence-electron chi connectivity index (χ4n) is 3.41. The number of benzene rings is 2. The van der Waals surface area contributed by atoms with Gasteiger partial charge in [-0.1, -0.05) is 23.7 Å². The van der Waals surface area contributed by atoms with Gasteiger partial charge in [0.15, 0.2) is 6.54 Å². The van der Waals surface area contributed by atoms with Gasteiger partial charge in [0.1, 0.15) is 0 Å². The molecule has 0 aliphatic carbocycles. The van der Waals surface area contributed by atoms with Crippen molar-refractivity contribution in [3.63, 3.8) is 0 Å². The van der Waals surface area contributed by atoms with Crippen molar-refractivity contribution in [2.75, 3.05) is 42.9 Å². The van der Waals surface area contributed by atoms with Gasteiger partial charge in [-0.25, -0.2) is 0 Å². The summed E-state index contributed by atoms with van der Waals surface area (Å²) in [7, 11) is 0. The normalized spacial score (nSPS) is 14.8. The van der Waals surface area contributed by atoms with Gasteiger partial charge in [-0.2, -0.15) is 0 Å². The maximum atomic E-state index is 12.4. The molecule has 1 saturated heterocycles. The van der Waals surface area contributed by atoms with E-state index in [2.05, 4.69) is 10.2 Å². The molecule has 1 amide bonds. The van der Waals surface area contributed by atoms with Gasteiger partial charge < -0.3 is 15.1 Å². The Balaban J connectivity index is 1.55. The number of carbonyl (C=O) groups excluding carboxylic acids is 1. The average Bonchev–Trinajstić information content (AvgIpc) is 2.66. The molecule has 0 saturated carbocycles. The van der Waals surface area contributed by atoms with E-state index in [9.17, 15) is 14.9 Å². The summed E-state index contributed by atoms with van der Waals surface area (Å²) in [5.41, 5.74) is 3.88. The predicted octanol–water partition coefficient (Wildman–Crippen LogP) is 2.21. The summed E-state index contributed by atoms with van der Waals surface area (Å²) in [5, 5.41) is 14.2. The number of nitrogens with zero attached hydrogens (tertiary/aromatic N) is 2. The number of nitro groups is 1. The Hall–Kier alpha value is -2.64. The highest BCUT2D eigenvalue weighted by Crippen LogP contribution is 2.29. The molecule has 0 aromatic heterocycles. The minimum absolute atomic E-state index is 0.00511. The van der Waals surface area contributed by atoms with E-state index in [-0.39, 0.29) is 11.6 Å². The number of amides is 1. The molecule has 28 heavy (non-hydrogen) atoms. The minimum Gasteiger partial charge on any atom is -0.359 e. The largest absolute Gasteiger partial charge is 0.359 e. The molecule has 3 rings (SSSR count). The molecule has 0 atom stereocenters. The maximum absolute atomic E-state index is 12.4. The van der Waals surface area contributed by atoms with Gasteiger partial charge in [-0.05, 0) is 37.1 Å². The summed E-state index contributed by atoms with van der Waals surface area (Å²) in [6.45, 7) is 7.52. The number of hydrogen-bond donors (Lipinski definition) is 2. The van der Waals surface area contributed by atoms with Crippen molar-refractivity contribution in [3.8, 4) is 0 Å². The van der Waals surface area contributed by atoms with Gasteiger partial charge in [0, 0.05) is 17.8 Å². The van der Waals surface area contributed by atoms with E-state index in [4.69, 9.17) is 11.6 Å². The second-order valence-corrected chi connectivity index (χ2v) is 7.51. The Morgan fingerprint density at radius 3 is 2.61 bits per heavy atom. The van der Waals surface area contributed by atoms with Crippen LogP contribution in [0.1, 0.15) is 11.1 Å². The first-order valence-corrected chi connectivity index (χ1v) is 9.61. The lowest BCUT2D eigenvalue weighted by molar-refractivity contribution is -0.892. The molecule has 1 heterocycles. The number of piperazine rings is 1. The van der Waals surface area contributed by atoms with Crippen molar-refractivity contribution < 1.29 is 14.6 Å². The molecule has 7 nitrogen and oxygen atoms in total. The van der Waals surface area contributed by atoms with Crippen LogP contribution in [0.15, 0.2) is 36.4 Å². The van der Waals surface area contributed by atoms with Crippen LogP contribution in [0.25, 0.3) is 0 Å². The molecule has 0 spiro atoms. The van der Waals surface area contributed by atoms with Crippen LogP contribution in [0.3, 0.4) is 0 Å². The van der Waals surface area contributed by atoms with Crippen molar-refractivity contribution in [1.29, 1.82) is 0 Å². The maximum Gasteiger partial charge on any atom is 0.279 e. The van der Waals surface area contributed by atoms with Gasteiger partial charge in [-0.15, -0.1) is 0 Å². The number of nitro benzene ring substituents is 1. The standard InChI is InChI=1S/C20H23ClN4O3/c1-14-4-3-5-18(15(14)2)22-20(26)13-23-8-10-24(11-9-23)19-7-6-16(25(27)28)12-17(19)21/h3-7,12H,8-11,13H2,1-2H3,(H,22,26)/p+1. The zero-order valence-corrected chi connectivity index (χ0v) is 16.8. The van der Waals surface area contributed by atoms with Crippen LogP contribution >= 0.6 is 11.6 Å². The SMILES string of the molecule is Cc1cccc(NC(=O)C[NH+]2CCN(c3ccc([N+](=O)[O-])cc3Cl)CC2)c1C. The van der Waals surface area contributed by atoms with E-state index in [1.54, 1.807) is 6.07 Å². The number of halogens is 1. The Morgan fingerprint density at radius 1 is 1.25 bits per heavy atom. The zero-order valence-electron chi connectivity index (χ0n) is 16.0. The Labute approximate surface area is 169 Å². The van der Waals surface area contributed by atoms with Gasteiger partial charge in [0.05, 0.1) is 41.8 Å². The molecule has 0 bridgehead atoms. The van der Waals surface area contributed by atoms with Gasteiger partial charge >= 0.3 is 0 Å². The van der Waals surface area contributed by atoms with Crippen molar-refractivity contribution in [1.82, 2.24) is 0 Å². The number of anilines is 2. The Kier molecular flexibility index (Phi) is 6.16. The molecule has 1 aliphatic heterocycles. The number of nitrogens with one attached hydrogen (secondary N) is 2. The number of rotatable bonds is 5. The monoisotopic (exact) mass is 403 g/mol. The highest BCUT2D eigenvalue weighted by molar-refractivity contribution is 6.33. The molecular formula is C20H24ClN4O3+. The number of aryl methyl sites for hydroxylation is 1. The third-order valence-corrected chi connectivity index (χ3v) is 5.55. The van der Waals surface area contributed by atoms with Crippen molar-refractivity contribution in [2.45, 2.75) is 13.8 Å². The van der Waals surface area contributed by atoms with E-state index in [0.29, 0.717) is 11.6 Å². The molecular weight excluding hydrogens is 380 g/mol. The molecule has 2 aromatic carbocycles. The van der Waals surface area contributed by atoms with Gasteiger partial charge in [0.2, 0.25) is 0 Å². The second-order valence-electron chi connectivity index (χ2n) is 7.10. The molecule has 2 aromatic rings. The third-order valence-electron chi connectivity index (χ3n) is 5.24. The lowest BCUT2D eigenvalue weighted by atomic mass is 10.1. The van der Waals surface area contributed by atoms with E-state index in [0.717, 1.165) is 48.7 Å². The summed E-state index contributed by atoms with van der Waals surface area (Å²) in [6.07, 6.45) is 0. The fraction of sp³-hybridized carbons (Fsp3) is 0.350. The smallest absolute Gasteiger partial charge is 0.279 e. The average molecular weight is 404 g/mol. The number of carbonyl (C=O) groups is 1. The van der Waals surface area contributed by atoms with Crippen LogP contribution in [0, 0.1) is 24.0 Å². The van der Waals surface area contributed by atoms with Crippen LogP contribution in [0.5, 0.6) is 0 Å². The van der Waals surface area contributed by atoms with Crippen LogP contribution in [-0.4, -0.2) is 43.6 Å². The fourth-order valence-corrected chi connectivity index (χ4v) is 3.71. The molecule has 1 aliphatic rings. The number of non-ortho nitro benzene ring substituents is 1. The highest BCUT2D eigenvalue weighted by atomic mass is 35.5. The first-order chi connectivity index (χ1) is 13.3. The summed E-state index contributed by atoms with van der Waals surface area (Å²) in [4.78, 5) is 26.1. The molecule has 8 heteroatoms. The topological polar surface area (TPSA) is 79.9 Å². The van der Waals surface area contributed by atoms with Crippen LogP contribution in [-0.2, 0) is 4.79 Å². The summed E-state index contributed by atoms with van der Waals surface area (Å²) in [6, 6.07) is 10.4. The first-order valence-electron chi connectivity index (χ1n) is 9.23. The Bertz CT molecular complexity index is 895. The summed E-state index contributed by atoms with van der Waals surface area (Å²) in [5.74, 6) is 0.00511. The van der Waals surface area contributed by atoms with Crippen LogP contribution in [0.2, 0.25) is 5.02 Å².